The summed E-state index contributed by atoms with van der Waals surface area (Å²) in [7, 11) is 1.37. The zero-order valence-corrected chi connectivity index (χ0v) is 16.4. The van der Waals surface area contributed by atoms with Crippen molar-refractivity contribution in [2.75, 3.05) is 23.8 Å². The van der Waals surface area contributed by atoms with Crippen LogP contribution in [-0.4, -0.2) is 36.9 Å². The number of anilines is 2. The summed E-state index contributed by atoms with van der Waals surface area (Å²) in [5.41, 5.74) is -4.34. The van der Waals surface area contributed by atoms with Gasteiger partial charge in [0, 0.05) is 24.9 Å². The molecule has 31 heavy (non-hydrogen) atoms. The zero-order chi connectivity index (χ0) is 23.6. The van der Waals surface area contributed by atoms with Gasteiger partial charge in [-0.25, -0.2) is 8.78 Å². The van der Waals surface area contributed by atoms with Crippen LogP contribution in [0, 0.1) is 23.0 Å². The first-order valence-electron chi connectivity index (χ1n) is 8.62. The Kier molecular flexibility index (Phi) is 6.66. The number of amides is 1. The van der Waals surface area contributed by atoms with Crippen molar-refractivity contribution in [1.82, 2.24) is 0 Å². The van der Waals surface area contributed by atoms with Crippen LogP contribution in [0.3, 0.4) is 0 Å². The first kappa shape index (κ1) is 23.8. The predicted octanol–water partition coefficient (Wildman–Crippen LogP) is 4.01. The number of alkyl halides is 3. The fourth-order valence-corrected chi connectivity index (χ4v) is 2.80. The van der Waals surface area contributed by atoms with Crippen LogP contribution in [0.15, 0.2) is 35.3 Å². The Balaban J connectivity index is 2.26. The Morgan fingerprint density at radius 3 is 2.42 bits per heavy atom. The normalized spacial score (nSPS) is 13.1. The van der Waals surface area contributed by atoms with Gasteiger partial charge in [0.2, 0.25) is 0 Å². The molecule has 1 amide bonds. The molecule has 0 unspecified atom stereocenters. The maximum absolute atomic E-state index is 13.6. The maximum atomic E-state index is 13.6. The summed E-state index contributed by atoms with van der Waals surface area (Å²) < 4.78 is 66.3. The van der Waals surface area contributed by atoms with Crippen LogP contribution in [0.2, 0.25) is 0 Å². The third kappa shape index (κ3) is 5.35. The van der Waals surface area contributed by atoms with E-state index in [4.69, 9.17) is 5.26 Å². The summed E-state index contributed by atoms with van der Waals surface area (Å²) in [6, 6.07) is 5.57. The largest absolute Gasteiger partial charge is 0.417 e. The lowest BCUT2D eigenvalue weighted by molar-refractivity contribution is -0.138. The number of carbonyl (C=O) groups excluding carboxylic acids is 1. The SMILES string of the molecule is C=Nc1cc(F)c(F)cc1N(C)C[C@](C)(O)C(=O)Nc1ccc(C#N)c(C(F)(F)F)c1. The highest BCUT2D eigenvalue weighted by Crippen LogP contribution is 2.34. The molecule has 0 aliphatic carbocycles. The number of rotatable bonds is 6. The lowest BCUT2D eigenvalue weighted by Crippen LogP contribution is -2.48. The predicted molar refractivity (Wildman–Crippen MR) is 104 cm³/mol. The Morgan fingerprint density at radius 1 is 1.26 bits per heavy atom. The molecular formula is C20H17F5N4O2. The fourth-order valence-electron chi connectivity index (χ4n) is 2.80. The number of aliphatic imine (C=N–C) groups is 1. The van der Waals surface area contributed by atoms with Gasteiger partial charge < -0.3 is 15.3 Å². The molecule has 0 aliphatic rings. The number of likely N-dealkylation sites (N-methyl/N-ethyl adjacent to an activating group) is 1. The minimum Gasteiger partial charge on any atom is -0.378 e. The van der Waals surface area contributed by atoms with Crippen LogP contribution in [-0.2, 0) is 11.0 Å². The van der Waals surface area contributed by atoms with Crippen LogP contribution >= 0.6 is 0 Å². The standard InChI is InChI=1S/C20H17F5N4O2/c1-19(31,10-29(3)17-8-15(22)14(21)7-16(17)27-2)18(30)28-12-5-4-11(9-26)13(6-12)20(23,24)25/h4-8,31H,2,10H2,1,3H3,(H,28,30)/t19-/m0/s1. The van der Waals surface area contributed by atoms with Crippen molar-refractivity contribution in [1.29, 1.82) is 5.26 Å². The molecule has 0 saturated carbocycles. The van der Waals surface area contributed by atoms with E-state index in [0.717, 1.165) is 31.2 Å². The quantitative estimate of drug-likeness (QED) is 0.525. The highest BCUT2D eigenvalue weighted by Gasteiger charge is 2.36. The summed E-state index contributed by atoms with van der Waals surface area (Å²) in [6.07, 6.45) is -4.82. The van der Waals surface area contributed by atoms with Crippen molar-refractivity contribution in [3.05, 3.63) is 53.1 Å². The van der Waals surface area contributed by atoms with Crippen molar-refractivity contribution >= 4 is 29.7 Å². The van der Waals surface area contributed by atoms with E-state index in [1.807, 2.05) is 0 Å². The monoisotopic (exact) mass is 440 g/mol. The average Bonchev–Trinajstić information content (AvgIpc) is 2.68. The second kappa shape index (κ2) is 8.69. The van der Waals surface area contributed by atoms with Gasteiger partial charge in [-0.15, -0.1) is 0 Å². The van der Waals surface area contributed by atoms with E-state index in [-0.39, 0.29) is 17.1 Å². The topological polar surface area (TPSA) is 88.7 Å². The highest BCUT2D eigenvalue weighted by atomic mass is 19.4. The van der Waals surface area contributed by atoms with E-state index < -0.39 is 47.0 Å². The summed E-state index contributed by atoms with van der Waals surface area (Å²) in [5, 5.41) is 21.5. The van der Waals surface area contributed by atoms with E-state index in [1.165, 1.54) is 18.0 Å². The van der Waals surface area contributed by atoms with Gasteiger partial charge in [-0.1, -0.05) is 0 Å². The molecule has 0 aromatic heterocycles. The van der Waals surface area contributed by atoms with Crippen molar-refractivity contribution in [2.24, 2.45) is 4.99 Å². The van der Waals surface area contributed by atoms with Crippen molar-refractivity contribution < 1.29 is 31.9 Å². The molecule has 2 aromatic rings. The van der Waals surface area contributed by atoms with Gasteiger partial charge in [0.1, 0.15) is 0 Å². The first-order chi connectivity index (χ1) is 14.3. The minimum absolute atomic E-state index is 0.0275. The van der Waals surface area contributed by atoms with E-state index in [2.05, 4.69) is 17.0 Å². The molecule has 0 aliphatic heterocycles. The molecule has 0 fully saturated rings. The van der Waals surface area contributed by atoms with Crippen molar-refractivity contribution in [3.63, 3.8) is 0 Å². The Labute approximate surface area is 174 Å². The second-order valence-electron chi connectivity index (χ2n) is 6.87. The second-order valence-corrected chi connectivity index (χ2v) is 6.87. The molecule has 11 heteroatoms. The number of nitrogens with one attached hydrogen (secondary N) is 1. The Bertz CT molecular complexity index is 1060. The zero-order valence-electron chi connectivity index (χ0n) is 16.4. The number of halogens is 5. The van der Waals surface area contributed by atoms with E-state index in [0.29, 0.717) is 6.07 Å². The van der Waals surface area contributed by atoms with Crippen LogP contribution in [0.5, 0.6) is 0 Å². The van der Waals surface area contributed by atoms with E-state index in [9.17, 15) is 31.9 Å². The molecule has 2 N–H and O–H groups in total. The Hall–Kier alpha value is -3.52. The van der Waals surface area contributed by atoms with Crippen LogP contribution in [0.4, 0.5) is 39.0 Å². The molecule has 0 saturated heterocycles. The van der Waals surface area contributed by atoms with Crippen LogP contribution in [0.1, 0.15) is 18.1 Å². The Morgan fingerprint density at radius 2 is 1.87 bits per heavy atom. The molecular weight excluding hydrogens is 423 g/mol. The van der Waals surface area contributed by atoms with E-state index >= 15 is 0 Å². The van der Waals surface area contributed by atoms with Gasteiger partial charge in [0.15, 0.2) is 17.2 Å². The number of nitriles is 1. The van der Waals surface area contributed by atoms with Crippen molar-refractivity contribution in [2.45, 2.75) is 18.7 Å². The smallest absolute Gasteiger partial charge is 0.378 e. The fraction of sp³-hybridized carbons (Fsp3) is 0.250. The summed E-state index contributed by atoms with van der Waals surface area (Å²) in [4.78, 5) is 17.3. The molecule has 164 valence electrons. The van der Waals surface area contributed by atoms with Gasteiger partial charge in [0.05, 0.1) is 35.1 Å². The highest BCUT2D eigenvalue weighted by molar-refractivity contribution is 5.97. The number of hydrogen-bond donors (Lipinski definition) is 2. The van der Waals surface area contributed by atoms with E-state index in [1.54, 1.807) is 0 Å². The molecule has 6 nitrogen and oxygen atoms in total. The van der Waals surface area contributed by atoms with Crippen molar-refractivity contribution in [3.8, 4) is 6.07 Å². The lowest BCUT2D eigenvalue weighted by Gasteiger charge is -2.30. The summed E-state index contributed by atoms with van der Waals surface area (Å²) >= 11 is 0. The summed E-state index contributed by atoms with van der Waals surface area (Å²) in [6.45, 7) is 3.89. The number of aliphatic hydroxyl groups is 1. The molecule has 0 spiro atoms. The van der Waals surface area contributed by atoms with Gasteiger partial charge in [0.25, 0.3) is 5.91 Å². The molecule has 2 rings (SSSR count). The van der Waals surface area contributed by atoms with Gasteiger partial charge in [-0.3, -0.25) is 9.79 Å². The first-order valence-corrected chi connectivity index (χ1v) is 8.62. The maximum Gasteiger partial charge on any atom is 0.417 e. The molecule has 0 bridgehead atoms. The molecule has 0 radical (unpaired) electrons. The number of hydrogen-bond acceptors (Lipinski definition) is 5. The van der Waals surface area contributed by atoms with Crippen LogP contribution < -0.4 is 10.2 Å². The van der Waals surface area contributed by atoms with Gasteiger partial charge in [-0.2, -0.15) is 18.4 Å². The molecule has 2 aromatic carbocycles. The average molecular weight is 440 g/mol. The number of carbonyl (C=O) groups is 1. The number of nitrogens with zero attached hydrogens (tertiary/aromatic N) is 3. The number of benzene rings is 2. The van der Waals surface area contributed by atoms with Crippen LogP contribution in [0.25, 0.3) is 0 Å². The summed E-state index contributed by atoms with van der Waals surface area (Å²) in [5.74, 6) is -3.41. The minimum atomic E-state index is -4.82. The van der Waals surface area contributed by atoms with Gasteiger partial charge >= 0.3 is 6.18 Å². The molecule has 0 heterocycles. The third-order valence-electron chi connectivity index (χ3n) is 4.34. The third-order valence-corrected chi connectivity index (χ3v) is 4.34. The lowest BCUT2D eigenvalue weighted by atomic mass is 10.0. The molecule has 1 atom stereocenters. The van der Waals surface area contributed by atoms with Gasteiger partial charge in [-0.05, 0) is 31.8 Å².